The fourth-order valence-corrected chi connectivity index (χ4v) is 4.48. The van der Waals surface area contributed by atoms with Crippen molar-refractivity contribution >= 4 is 40.8 Å². The number of ether oxygens (including phenoxy) is 1. The van der Waals surface area contributed by atoms with E-state index in [1.807, 2.05) is 6.07 Å². The molecule has 0 unspecified atom stereocenters. The molecule has 0 fully saturated rings. The summed E-state index contributed by atoms with van der Waals surface area (Å²) in [5.74, 6) is 0.0203. The number of nitrogens with zero attached hydrogens (tertiary/aromatic N) is 3. The highest BCUT2D eigenvalue weighted by Crippen LogP contribution is 2.29. The minimum absolute atomic E-state index is 0.154. The molecule has 10 heteroatoms. The normalized spacial score (nSPS) is 14.7. The minimum Gasteiger partial charge on any atom is -0.495 e. The summed E-state index contributed by atoms with van der Waals surface area (Å²) in [6.45, 7) is 0.154. The lowest BCUT2D eigenvalue weighted by Crippen LogP contribution is -2.46. The van der Waals surface area contributed by atoms with Crippen LogP contribution in [-0.2, 0) is 17.8 Å². The summed E-state index contributed by atoms with van der Waals surface area (Å²) in [5.41, 5.74) is 2.71. The van der Waals surface area contributed by atoms with Crippen LogP contribution in [0.3, 0.4) is 0 Å². The monoisotopic (exact) mass is 541 g/mol. The van der Waals surface area contributed by atoms with E-state index in [1.54, 1.807) is 78.0 Å². The third-order valence-corrected chi connectivity index (χ3v) is 6.58. The van der Waals surface area contributed by atoms with Gasteiger partial charge in [-0.2, -0.15) is 0 Å². The van der Waals surface area contributed by atoms with E-state index in [4.69, 9.17) is 16.3 Å². The van der Waals surface area contributed by atoms with Crippen molar-refractivity contribution in [2.75, 3.05) is 17.7 Å². The molecule has 2 aromatic heterocycles. The van der Waals surface area contributed by atoms with Gasteiger partial charge in [0.05, 0.1) is 24.6 Å². The Morgan fingerprint density at radius 2 is 1.87 bits per heavy atom. The lowest BCUT2D eigenvalue weighted by Gasteiger charge is -2.29. The third-order valence-electron chi connectivity index (χ3n) is 6.34. The second kappa shape index (κ2) is 11.3. The quantitative estimate of drug-likeness (QED) is 0.353. The molecule has 2 N–H and O–H groups in total. The van der Waals surface area contributed by atoms with Crippen molar-refractivity contribution in [3.63, 3.8) is 0 Å². The standard InChI is InChI=1S/C29H24ClN5O4/c1-39-22-9-11-26(32-16-22)34-27(36)20-6-4-18(5-7-20)17-35-25(13-19-3-2-12-31-15-19)28(37)33-24-14-21(30)8-10-23(24)29(35)38/h2-12,14-16,25H,13,17H2,1H3,(H,33,37)(H,32,34,36)/t25-/m1/s1. The van der Waals surface area contributed by atoms with Gasteiger partial charge in [0.15, 0.2) is 0 Å². The molecular formula is C29H24ClN5O4. The predicted octanol–water partition coefficient (Wildman–Crippen LogP) is 4.60. The van der Waals surface area contributed by atoms with Gasteiger partial charge in [0, 0.05) is 35.9 Å². The highest BCUT2D eigenvalue weighted by molar-refractivity contribution is 6.31. The average molecular weight is 542 g/mol. The first-order valence-corrected chi connectivity index (χ1v) is 12.5. The Kier molecular flexibility index (Phi) is 7.51. The van der Waals surface area contributed by atoms with Crippen LogP contribution in [0.15, 0.2) is 85.3 Å². The Morgan fingerprint density at radius 3 is 2.56 bits per heavy atom. The molecule has 0 radical (unpaired) electrons. The van der Waals surface area contributed by atoms with Crippen LogP contribution < -0.4 is 15.4 Å². The van der Waals surface area contributed by atoms with E-state index in [9.17, 15) is 14.4 Å². The number of benzene rings is 2. The van der Waals surface area contributed by atoms with Crippen molar-refractivity contribution in [2.24, 2.45) is 0 Å². The number of rotatable bonds is 7. The molecule has 0 saturated carbocycles. The molecule has 0 bridgehead atoms. The summed E-state index contributed by atoms with van der Waals surface area (Å²) in [5, 5.41) is 6.02. The topological polar surface area (TPSA) is 114 Å². The maximum atomic E-state index is 13.7. The van der Waals surface area contributed by atoms with Crippen LogP contribution in [0, 0.1) is 0 Å². The number of anilines is 2. The van der Waals surface area contributed by atoms with Crippen molar-refractivity contribution in [1.29, 1.82) is 0 Å². The highest BCUT2D eigenvalue weighted by atomic mass is 35.5. The fourth-order valence-electron chi connectivity index (χ4n) is 4.31. The van der Waals surface area contributed by atoms with Gasteiger partial charge in [-0.1, -0.05) is 29.8 Å². The van der Waals surface area contributed by atoms with Crippen molar-refractivity contribution in [3.8, 4) is 5.75 Å². The second-order valence-electron chi connectivity index (χ2n) is 8.93. The largest absolute Gasteiger partial charge is 0.495 e. The molecule has 196 valence electrons. The number of amides is 3. The Hall–Kier alpha value is -4.76. The van der Waals surface area contributed by atoms with Gasteiger partial charge in [-0.05, 0) is 59.7 Å². The van der Waals surface area contributed by atoms with Crippen LogP contribution in [0.4, 0.5) is 11.5 Å². The summed E-state index contributed by atoms with van der Waals surface area (Å²) in [6, 6.07) is 17.9. The molecule has 2 aromatic carbocycles. The van der Waals surface area contributed by atoms with Crippen molar-refractivity contribution in [1.82, 2.24) is 14.9 Å². The van der Waals surface area contributed by atoms with Crippen LogP contribution in [0.2, 0.25) is 5.02 Å². The molecule has 4 aromatic rings. The van der Waals surface area contributed by atoms with E-state index in [0.29, 0.717) is 33.4 Å². The zero-order chi connectivity index (χ0) is 27.4. The number of halogens is 1. The van der Waals surface area contributed by atoms with Gasteiger partial charge in [0.2, 0.25) is 5.91 Å². The Morgan fingerprint density at radius 1 is 1.05 bits per heavy atom. The summed E-state index contributed by atoms with van der Waals surface area (Å²) in [7, 11) is 1.54. The molecule has 1 aliphatic rings. The van der Waals surface area contributed by atoms with E-state index in [-0.39, 0.29) is 30.7 Å². The molecule has 3 amide bonds. The van der Waals surface area contributed by atoms with E-state index in [1.165, 1.54) is 13.3 Å². The van der Waals surface area contributed by atoms with Gasteiger partial charge < -0.3 is 20.3 Å². The number of hydrogen-bond acceptors (Lipinski definition) is 6. The van der Waals surface area contributed by atoms with Gasteiger partial charge in [-0.3, -0.25) is 19.4 Å². The van der Waals surface area contributed by atoms with E-state index in [0.717, 1.165) is 11.1 Å². The van der Waals surface area contributed by atoms with Crippen molar-refractivity contribution in [2.45, 2.75) is 19.0 Å². The number of carbonyl (C=O) groups excluding carboxylic acids is 3. The third kappa shape index (κ3) is 5.89. The average Bonchev–Trinajstić information content (AvgIpc) is 3.04. The van der Waals surface area contributed by atoms with Gasteiger partial charge in [-0.15, -0.1) is 0 Å². The zero-order valence-corrected chi connectivity index (χ0v) is 21.7. The molecule has 5 rings (SSSR count). The lowest BCUT2D eigenvalue weighted by atomic mass is 10.0. The van der Waals surface area contributed by atoms with Crippen LogP contribution in [-0.4, -0.2) is 45.7 Å². The Labute approximate surface area is 229 Å². The Bertz CT molecular complexity index is 1510. The lowest BCUT2D eigenvalue weighted by molar-refractivity contribution is -0.120. The number of hydrogen-bond donors (Lipinski definition) is 2. The number of methoxy groups -OCH3 is 1. The summed E-state index contributed by atoms with van der Waals surface area (Å²) >= 11 is 6.14. The SMILES string of the molecule is COc1ccc(NC(=O)c2ccc(CN3C(=O)c4ccc(Cl)cc4NC(=O)[C@H]3Cc3cccnc3)cc2)nc1. The van der Waals surface area contributed by atoms with E-state index in [2.05, 4.69) is 20.6 Å². The van der Waals surface area contributed by atoms with Crippen LogP contribution >= 0.6 is 11.6 Å². The van der Waals surface area contributed by atoms with Gasteiger partial charge >= 0.3 is 0 Å². The second-order valence-corrected chi connectivity index (χ2v) is 9.36. The minimum atomic E-state index is -0.794. The van der Waals surface area contributed by atoms with Gasteiger partial charge in [-0.25, -0.2) is 4.98 Å². The first kappa shape index (κ1) is 25.9. The maximum Gasteiger partial charge on any atom is 0.256 e. The molecule has 1 aliphatic heterocycles. The maximum absolute atomic E-state index is 13.7. The molecule has 1 atom stereocenters. The predicted molar refractivity (Wildman–Crippen MR) is 147 cm³/mol. The number of nitrogens with one attached hydrogen (secondary N) is 2. The van der Waals surface area contributed by atoms with Crippen LogP contribution in [0.1, 0.15) is 31.8 Å². The summed E-state index contributed by atoms with van der Waals surface area (Å²) in [6.07, 6.45) is 5.12. The summed E-state index contributed by atoms with van der Waals surface area (Å²) in [4.78, 5) is 49.6. The molecule has 0 saturated heterocycles. The molecule has 0 spiro atoms. The molecule has 3 heterocycles. The number of fused-ring (bicyclic) bond motifs is 1. The van der Waals surface area contributed by atoms with E-state index >= 15 is 0 Å². The molecular weight excluding hydrogens is 518 g/mol. The zero-order valence-electron chi connectivity index (χ0n) is 20.9. The fraction of sp³-hybridized carbons (Fsp3) is 0.138. The molecule has 39 heavy (non-hydrogen) atoms. The molecule has 0 aliphatic carbocycles. The smallest absolute Gasteiger partial charge is 0.256 e. The highest BCUT2D eigenvalue weighted by Gasteiger charge is 2.35. The Balaban J connectivity index is 1.39. The first-order valence-electron chi connectivity index (χ1n) is 12.1. The van der Waals surface area contributed by atoms with Gasteiger partial charge in [0.1, 0.15) is 17.6 Å². The van der Waals surface area contributed by atoms with Crippen LogP contribution in [0.5, 0.6) is 5.75 Å². The van der Waals surface area contributed by atoms with Crippen LogP contribution in [0.25, 0.3) is 0 Å². The first-order chi connectivity index (χ1) is 18.9. The van der Waals surface area contributed by atoms with Gasteiger partial charge in [0.25, 0.3) is 11.8 Å². The summed E-state index contributed by atoms with van der Waals surface area (Å²) < 4.78 is 5.08. The van der Waals surface area contributed by atoms with Crippen molar-refractivity contribution in [3.05, 3.63) is 113 Å². The number of aromatic nitrogens is 2. The molecule has 9 nitrogen and oxygen atoms in total. The van der Waals surface area contributed by atoms with E-state index < -0.39 is 6.04 Å². The number of carbonyl (C=O) groups is 3. The number of pyridine rings is 2. The van der Waals surface area contributed by atoms with Crippen molar-refractivity contribution < 1.29 is 19.1 Å².